The SMILES string of the molecule is Cc1nc(C(F)(F)F)ccc1C(=O)N1CCCC(N(C)CC(=O)O)CC1. The lowest BCUT2D eigenvalue weighted by Crippen LogP contribution is -2.37. The molecule has 1 aliphatic rings. The van der Waals surface area contributed by atoms with Gasteiger partial charge in [0.2, 0.25) is 0 Å². The van der Waals surface area contributed by atoms with Crippen molar-refractivity contribution in [2.24, 2.45) is 0 Å². The van der Waals surface area contributed by atoms with Crippen molar-refractivity contribution in [3.8, 4) is 0 Å². The van der Waals surface area contributed by atoms with Crippen LogP contribution in [-0.4, -0.2) is 64.5 Å². The second kappa shape index (κ2) is 8.03. The molecular formula is C17H22F3N3O3. The van der Waals surface area contributed by atoms with Crippen LogP contribution in [0.2, 0.25) is 0 Å². The van der Waals surface area contributed by atoms with Crippen LogP contribution in [0.25, 0.3) is 0 Å². The molecule has 0 radical (unpaired) electrons. The summed E-state index contributed by atoms with van der Waals surface area (Å²) in [6.07, 6.45) is -2.47. The summed E-state index contributed by atoms with van der Waals surface area (Å²) < 4.78 is 38.1. The predicted octanol–water partition coefficient (Wildman–Crippen LogP) is 2.42. The van der Waals surface area contributed by atoms with Gasteiger partial charge >= 0.3 is 12.1 Å². The molecule has 1 fully saturated rings. The van der Waals surface area contributed by atoms with Gasteiger partial charge in [-0.05, 0) is 45.4 Å². The summed E-state index contributed by atoms with van der Waals surface area (Å²) in [6, 6.07) is 2.05. The zero-order valence-corrected chi connectivity index (χ0v) is 14.7. The molecule has 0 saturated carbocycles. The smallest absolute Gasteiger partial charge is 0.433 e. The summed E-state index contributed by atoms with van der Waals surface area (Å²) >= 11 is 0. The van der Waals surface area contributed by atoms with Crippen LogP contribution in [0.5, 0.6) is 0 Å². The number of likely N-dealkylation sites (tertiary alicyclic amines) is 1. The van der Waals surface area contributed by atoms with Gasteiger partial charge in [-0.25, -0.2) is 4.98 Å². The van der Waals surface area contributed by atoms with E-state index in [1.165, 1.54) is 13.0 Å². The average Bonchev–Trinajstić information content (AvgIpc) is 2.78. The van der Waals surface area contributed by atoms with E-state index in [9.17, 15) is 22.8 Å². The molecule has 2 heterocycles. The molecule has 26 heavy (non-hydrogen) atoms. The number of aromatic nitrogens is 1. The number of carbonyl (C=O) groups excluding carboxylic acids is 1. The summed E-state index contributed by atoms with van der Waals surface area (Å²) in [5.74, 6) is -1.25. The third-order valence-corrected chi connectivity index (χ3v) is 4.60. The maximum absolute atomic E-state index is 12.7. The van der Waals surface area contributed by atoms with Crippen molar-refractivity contribution in [3.63, 3.8) is 0 Å². The molecule has 1 saturated heterocycles. The van der Waals surface area contributed by atoms with Crippen LogP contribution in [0, 0.1) is 6.92 Å². The van der Waals surface area contributed by atoms with E-state index in [1.807, 2.05) is 0 Å². The summed E-state index contributed by atoms with van der Waals surface area (Å²) in [7, 11) is 1.74. The van der Waals surface area contributed by atoms with Gasteiger partial charge < -0.3 is 10.0 Å². The fourth-order valence-electron chi connectivity index (χ4n) is 3.18. The number of hydrogen-bond acceptors (Lipinski definition) is 4. The van der Waals surface area contributed by atoms with E-state index in [2.05, 4.69) is 4.98 Å². The topological polar surface area (TPSA) is 73.7 Å². The lowest BCUT2D eigenvalue weighted by Gasteiger charge is -2.25. The molecule has 6 nitrogen and oxygen atoms in total. The van der Waals surface area contributed by atoms with Crippen molar-refractivity contribution in [1.29, 1.82) is 0 Å². The van der Waals surface area contributed by atoms with Crippen molar-refractivity contribution < 1.29 is 27.9 Å². The molecule has 2 rings (SSSR count). The first kappa shape index (κ1) is 20.2. The van der Waals surface area contributed by atoms with Crippen molar-refractivity contribution in [2.45, 2.75) is 38.4 Å². The van der Waals surface area contributed by atoms with Crippen molar-refractivity contribution >= 4 is 11.9 Å². The molecule has 1 aromatic rings. The molecule has 1 amide bonds. The van der Waals surface area contributed by atoms with Crippen LogP contribution < -0.4 is 0 Å². The van der Waals surface area contributed by atoms with Gasteiger partial charge in [0.25, 0.3) is 5.91 Å². The number of carboxylic acids is 1. The molecule has 1 aromatic heterocycles. The highest BCUT2D eigenvalue weighted by Crippen LogP contribution is 2.28. The molecule has 144 valence electrons. The van der Waals surface area contributed by atoms with E-state index in [0.29, 0.717) is 25.9 Å². The highest BCUT2D eigenvalue weighted by atomic mass is 19.4. The molecular weight excluding hydrogens is 351 g/mol. The van der Waals surface area contributed by atoms with E-state index in [1.54, 1.807) is 16.8 Å². The zero-order chi connectivity index (χ0) is 19.5. The first-order valence-corrected chi connectivity index (χ1v) is 8.35. The third kappa shape index (κ3) is 4.94. The number of carboxylic acid groups (broad SMARTS) is 1. The van der Waals surface area contributed by atoms with Gasteiger partial charge in [-0.2, -0.15) is 13.2 Å². The third-order valence-electron chi connectivity index (χ3n) is 4.60. The van der Waals surface area contributed by atoms with Crippen LogP contribution in [0.15, 0.2) is 12.1 Å². The highest BCUT2D eigenvalue weighted by Gasteiger charge is 2.33. The summed E-state index contributed by atoms with van der Waals surface area (Å²) in [5, 5.41) is 8.89. The Balaban J connectivity index is 2.07. The van der Waals surface area contributed by atoms with Crippen LogP contribution in [-0.2, 0) is 11.0 Å². The zero-order valence-electron chi connectivity index (χ0n) is 14.7. The Bertz CT molecular complexity index is 679. The van der Waals surface area contributed by atoms with Gasteiger partial charge in [0.1, 0.15) is 5.69 Å². The Labute approximate surface area is 149 Å². The largest absolute Gasteiger partial charge is 0.480 e. The standard InChI is InChI=1S/C17H22F3N3O3/c1-11-13(5-6-14(21-11)17(18,19)20)16(26)23-8-3-4-12(7-9-23)22(2)10-15(24)25/h5-6,12H,3-4,7-10H2,1-2H3,(H,24,25). The Kier molecular flexibility index (Phi) is 6.22. The first-order valence-electron chi connectivity index (χ1n) is 8.35. The lowest BCUT2D eigenvalue weighted by molar-refractivity contribution is -0.141. The normalized spacial score (nSPS) is 18.7. The molecule has 1 unspecified atom stereocenters. The fraction of sp³-hybridized carbons (Fsp3) is 0.588. The number of nitrogens with zero attached hydrogens (tertiary/aromatic N) is 3. The Morgan fingerprint density at radius 1 is 1.31 bits per heavy atom. The van der Waals surface area contributed by atoms with Gasteiger partial charge in [0.15, 0.2) is 0 Å². The predicted molar refractivity (Wildman–Crippen MR) is 87.8 cm³/mol. The molecule has 1 N–H and O–H groups in total. The molecule has 0 aliphatic carbocycles. The van der Waals surface area contributed by atoms with E-state index in [4.69, 9.17) is 5.11 Å². The van der Waals surface area contributed by atoms with Gasteiger partial charge in [0.05, 0.1) is 17.8 Å². The number of aliphatic carboxylic acids is 1. The molecule has 0 bridgehead atoms. The van der Waals surface area contributed by atoms with Crippen LogP contribution >= 0.6 is 0 Å². The van der Waals surface area contributed by atoms with Gasteiger partial charge in [-0.1, -0.05) is 0 Å². The fourth-order valence-corrected chi connectivity index (χ4v) is 3.18. The maximum Gasteiger partial charge on any atom is 0.433 e. The molecule has 1 atom stereocenters. The van der Waals surface area contributed by atoms with E-state index >= 15 is 0 Å². The lowest BCUT2D eigenvalue weighted by atomic mass is 10.1. The number of carbonyl (C=O) groups is 2. The number of pyridine rings is 1. The molecule has 0 aromatic carbocycles. The molecule has 9 heteroatoms. The number of rotatable bonds is 4. The summed E-state index contributed by atoms with van der Waals surface area (Å²) in [6.45, 7) is 2.23. The summed E-state index contributed by atoms with van der Waals surface area (Å²) in [4.78, 5) is 30.4. The second-order valence-electron chi connectivity index (χ2n) is 6.51. The van der Waals surface area contributed by atoms with Gasteiger partial charge in [-0.3, -0.25) is 14.5 Å². The second-order valence-corrected chi connectivity index (χ2v) is 6.51. The van der Waals surface area contributed by atoms with Crippen molar-refractivity contribution in [2.75, 3.05) is 26.7 Å². The Hall–Kier alpha value is -2.16. The van der Waals surface area contributed by atoms with Crippen molar-refractivity contribution in [1.82, 2.24) is 14.8 Å². The van der Waals surface area contributed by atoms with Crippen LogP contribution in [0.3, 0.4) is 0 Å². The van der Waals surface area contributed by atoms with Crippen LogP contribution in [0.4, 0.5) is 13.2 Å². The quantitative estimate of drug-likeness (QED) is 0.878. The average molecular weight is 373 g/mol. The van der Waals surface area contributed by atoms with E-state index < -0.39 is 17.8 Å². The van der Waals surface area contributed by atoms with E-state index in [-0.39, 0.29) is 29.8 Å². The number of amides is 1. The minimum Gasteiger partial charge on any atom is -0.480 e. The number of alkyl halides is 3. The minimum absolute atomic E-state index is 0.0496. The van der Waals surface area contributed by atoms with Crippen LogP contribution in [0.1, 0.15) is 41.0 Å². The molecule has 1 aliphatic heterocycles. The Morgan fingerprint density at radius 2 is 2.00 bits per heavy atom. The summed E-state index contributed by atoms with van der Waals surface area (Å²) in [5.41, 5.74) is -0.804. The Morgan fingerprint density at radius 3 is 2.58 bits per heavy atom. The number of likely N-dealkylation sites (N-methyl/N-ethyl adjacent to an activating group) is 1. The number of aryl methyl sites for hydroxylation is 1. The first-order chi connectivity index (χ1) is 12.1. The number of halogens is 3. The van der Waals surface area contributed by atoms with Crippen molar-refractivity contribution in [3.05, 3.63) is 29.1 Å². The van der Waals surface area contributed by atoms with Gasteiger partial charge in [0, 0.05) is 19.1 Å². The van der Waals surface area contributed by atoms with Gasteiger partial charge in [-0.15, -0.1) is 0 Å². The minimum atomic E-state index is -4.54. The monoisotopic (exact) mass is 373 g/mol. The number of hydrogen-bond donors (Lipinski definition) is 1. The van der Waals surface area contributed by atoms with E-state index in [0.717, 1.165) is 12.5 Å². The maximum atomic E-state index is 12.7. The highest BCUT2D eigenvalue weighted by molar-refractivity contribution is 5.95. The molecule has 0 spiro atoms.